The first kappa shape index (κ1) is 17.9. The molecule has 1 unspecified atom stereocenters. The van der Waals surface area contributed by atoms with Crippen LogP contribution in [0.1, 0.15) is 25.3 Å². The molecule has 1 aromatic heterocycles. The average molecular weight is 418 g/mol. The fourth-order valence-corrected chi connectivity index (χ4v) is 2.61. The molecule has 21 heavy (non-hydrogen) atoms. The molecule has 0 aliphatic rings. The van der Waals surface area contributed by atoms with Crippen LogP contribution in [-0.2, 0) is 16.6 Å². The van der Waals surface area contributed by atoms with E-state index in [-0.39, 0.29) is 35.9 Å². The largest absolute Gasteiger partial charge is 1.00 e. The molecule has 0 spiro atoms. The fourth-order valence-electron chi connectivity index (χ4n) is 1.84. The molecular weight excluding hydrogens is 399 g/mol. The van der Waals surface area contributed by atoms with Gasteiger partial charge in [0, 0.05) is 5.38 Å². The Balaban J connectivity index is 0.00000220. The summed E-state index contributed by atoms with van der Waals surface area (Å²) in [4.78, 5) is 11.7. The predicted octanol–water partition coefficient (Wildman–Crippen LogP) is -0.0132. The van der Waals surface area contributed by atoms with Gasteiger partial charge in [-0.05, 0) is 31.5 Å². The van der Waals surface area contributed by atoms with Crippen molar-refractivity contribution in [3.63, 3.8) is 0 Å². The summed E-state index contributed by atoms with van der Waals surface area (Å²) in [6, 6.07) is 7.87. The number of halogens is 1. The summed E-state index contributed by atoms with van der Waals surface area (Å²) in [5.41, 5.74) is 1.97. The quantitative estimate of drug-likeness (QED) is 0.422. The van der Waals surface area contributed by atoms with E-state index < -0.39 is 0 Å². The second kappa shape index (κ2) is 8.33. The van der Waals surface area contributed by atoms with Crippen molar-refractivity contribution in [3.8, 4) is 0 Å². The minimum absolute atomic E-state index is 0. The molecule has 4 nitrogen and oxygen atoms in total. The number of esters is 1. The summed E-state index contributed by atoms with van der Waals surface area (Å²) < 4.78 is 7.06. The molecule has 2 rings (SSSR count). The third kappa shape index (κ3) is 4.67. The molecule has 2 aromatic rings. The molecule has 1 atom stereocenters. The number of nitrogens with zero attached hydrogens (tertiary/aromatic N) is 1. The summed E-state index contributed by atoms with van der Waals surface area (Å²) in [7, 11) is 2.00. The van der Waals surface area contributed by atoms with Crippen LogP contribution in [0.5, 0.6) is 0 Å². The van der Waals surface area contributed by atoms with Gasteiger partial charge in [0.2, 0.25) is 0 Å². The summed E-state index contributed by atoms with van der Waals surface area (Å²) >= 11 is 1.64. The number of carbonyl (C=O) groups excluding carboxylic acids is 1. The number of aryl methyl sites for hydroxylation is 1. The molecule has 114 valence electrons. The normalized spacial score (nSPS) is 11.4. The van der Waals surface area contributed by atoms with Crippen LogP contribution in [0.2, 0.25) is 0 Å². The minimum atomic E-state index is -0.234. The van der Waals surface area contributed by atoms with Gasteiger partial charge >= 0.3 is 11.1 Å². The van der Waals surface area contributed by atoms with Gasteiger partial charge in [0.15, 0.2) is 0 Å². The van der Waals surface area contributed by atoms with Crippen LogP contribution in [-0.4, -0.2) is 12.6 Å². The van der Waals surface area contributed by atoms with Crippen molar-refractivity contribution in [2.75, 3.05) is 11.9 Å². The Morgan fingerprint density at radius 3 is 2.57 bits per heavy atom. The van der Waals surface area contributed by atoms with E-state index in [1.807, 2.05) is 61.3 Å². The van der Waals surface area contributed by atoms with Gasteiger partial charge in [-0.1, -0.05) is 23.5 Å². The zero-order valence-electron chi connectivity index (χ0n) is 12.3. The zero-order chi connectivity index (χ0) is 14.5. The van der Waals surface area contributed by atoms with Crippen LogP contribution in [0, 0.1) is 0 Å². The average Bonchev–Trinajstić information content (AvgIpc) is 2.85. The van der Waals surface area contributed by atoms with Crippen LogP contribution < -0.4 is 33.9 Å². The molecule has 0 radical (unpaired) electrons. The van der Waals surface area contributed by atoms with Crippen molar-refractivity contribution in [1.29, 1.82) is 0 Å². The molecule has 0 bridgehead atoms. The number of nitrogens with one attached hydrogen (secondary N) is 1. The first-order valence-corrected chi connectivity index (χ1v) is 7.46. The SMILES string of the molecule is CCOC(=O)C(C)c1ccc(Nc2scc[n+]2C)cc1.[I-]. The molecule has 0 saturated heterocycles. The van der Waals surface area contributed by atoms with Crippen molar-refractivity contribution in [3.05, 3.63) is 41.4 Å². The number of thiazole rings is 1. The van der Waals surface area contributed by atoms with Gasteiger partial charge in [0.1, 0.15) is 11.9 Å². The predicted molar refractivity (Wildman–Crippen MR) is 80.3 cm³/mol. The van der Waals surface area contributed by atoms with Crippen LogP contribution in [0.15, 0.2) is 35.8 Å². The third-order valence-electron chi connectivity index (χ3n) is 3.09. The lowest BCUT2D eigenvalue weighted by Crippen LogP contribution is -3.00. The summed E-state index contributed by atoms with van der Waals surface area (Å²) in [6.45, 7) is 4.09. The molecule has 1 aromatic carbocycles. The van der Waals surface area contributed by atoms with Gasteiger partial charge in [-0.2, -0.15) is 0 Å². The lowest BCUT2D eigenvalue weighted by atomic mass is 10.0. The Labute approximate surface area is 146 Å². The Morgan fingerprint density at radius 1 is 1.38 bits per heavy atom. The van der Waals surface area contributed by atoms with Crippen LogP contribution in [0.3, 0.4) is 0 Å². The topological polar surface area (TPSA) is 42.2 Å². The Kier molecular flexibility index (Phi) is 7.10. The molecule has 0 amide bonds. The van der Waals surface area contributed by atoms with E-state index in [2.05, 4.69) is 5.32 Å². The van der Waals surface area contributed by atoms with E-state index in [0.29, 0.717) is 6.61 Å². The van der Waals surface area contributed by atoms with Crippen LogP contribution in [0.4, 0.5) is 10.8 Å². The number of hydrogen-bond acceptors (Lipinski definition) is 4. The number of benzene rings is 1. The number of hydrogen-bond donors (Lipinski definition) is 1. The van der Waals surface area contributed by atoms with Crippen molar-refractivity contribution in [1.82, 2.24) is 0 Å². The van der Waals surface area contributed by atoms with Gasteiger partial charge in [-0.15, -0.1) is 0 Å². The second-order valence-corrected chi connectivity index (χ2v) is 5.43. The minimum Gasteiger partial charge on any atom is -1.00 e. The van der Waals surface area contributed by atoms with Crippen molar-refractivity contribution in [2.45, 2.75) is 19.8 Å². The first-order valence-electron chi connectivity index (χ1n) is 6.58. The summed E-state index contributed by atoms with van der Waals surface area (Å²) in [5, 5.41) is 6.43. The van der Waals surface area contributed by atoms with Gasteiger partial charge < -0.3 is 28.7 Å². The fraction of sp³-hybridized carbons (Fsp3) is 0.333. The van der Waals surface area contributed by atoms with E-state index >= 15 is 0 Å². The maximum absolute atomic E-state index is 11.7. The van der Waals surface area contributed by atoms with Gasteiger partial charge in [0.25, 0.3) is 0 Å². The maximum Gasteiger partial charge on any atom is 0.338 e. The molecule has 6 heteroatoms. The highest BCUT2D eigenvalue weighted by atomic mass is 127. The molecular formula is C15H19IN2O2S. The smallest absolute Gasteiger partial charge is 0.338 e. The third-order valence-corrected chi connectivity index (χ3v) is 3.96. The van der Waals surface area contributed by atoms with Crippen molar-refractivity contribution < 1.29 is 38.1 Å². The molecule has 1 N–H and O–H groups in total. The molecule has 0 aliphatic carbocycles. The molecule has 0 aliphatic heterocycles. The summed E-state index contributed by atoms with van der Waals surface area (Å²) in [6.07, 6.45) is 2.00. The van der Waals surface area contributed by atoms with E-state index in [1.54, 1.807) is 11.3 Å². The number of aromatic nitrogens is 1. The van der Waals surface area contributed by atoms with Crippen LogP contribution >= 0.6 is 11.3 Å². The van der Waals surface area contributed by atoms with E-state index in [1.165, 1.54) is 0 Å². The lowest BCUT2D eigenvalue weighted by molar-refractivity contribution is -0.652. The summed E-state index contributed by atoms with van der Waals surface area (Å²) in [5.74, 6) is -0.417. The Morgan fingerprint density at radius 2 is 2.05 bits per heavy atom. The van der Waals surface area contributed by atoms with Crippen molar-refractivity contribution in [2.24, 2.45) is 7.05 Å². The highest BCUT2D eigenvalue weighted by Crippen LogP contribution is 2.22. The lowest BCUT2D eigenvalue weighted by Gasteiger charge is -2.10. The van der Waals surface area contributed by atoms with Gasteiger partial charge in [0.05, 0.1) is 19.6 Å². The molecule has 0 fully saturated rings. The van der Waals surface area contributed by atoms with E-state index in [9.17, 15) is 4.79 Å². The standard InChI is InChI=1S/C15H18N2O2S.HI/c1-4-19-14(18)11(2)12-5-7-13(8-6-12)16-15-17(3)9-10-20-15;/h5-11H,4H2,1-3H3;1H. The molecule has 1 heterocycles. The van der Waals surface area contributed by atoms with E-state index in [0.717, 1.165) is 16.4 Å². The number of anilines is 2. The highest BCUT2D eigenvalue weighted by Gasteiger charge is 2.16. The van der Waals surface area contributed by atoms with E-state index in [4.69, 9.17) is 4.74 Å². The maximum atomic E-state index is 11.7. The first-order chi connectivity index (χ1) is 9.61. The molecule has 0 saturated carbocycles. The Bertz CT molecular complexity index is 584. The van der Waals surface area contributed by atoms with Gasteiger partial charge in [-0.25, -0.2) is 9.88 Å². The highest BCUT2D eigenvalue weighted by molar-refractivity contribution is 7.13. The number of carbonyl (C=O) groups is 1. The number of rotatable bonds is 5. The Hall–Kier alpha value is -1.15. The monoisotopic (exact) mass is 418 g/mol. The second-order valence-electron chi connectivity index (χ2n) is 4.54. The van der Waals surface area contributed by atoms with Crippen LogP contribution in [0.25, 0.3) is 0 Å². The zero-order valence-corrected chi connectivity index (χ0v) is 15.3. The number of ether oxygens (including phenoxy) is 1. The van der Waals surface area contributed by atoms with Crippen molar-refractivity contribution >= 4 is 28.1 Å². The van der Waals surface area contributed by atoms with Gasteiger partial charge in [-0.3, -0.25) is 4.79 Å².